The Hall–Kier alpha value is -1.50. The number of nitrogens with zero attached hydrogens (tertiary/aromatic N) is 3. The second-order valence-corrected chi connectivity index (χ2v) is 6.47. The van der Waals surface area contributed by atoms with Crippen molar-refractivity contribution in [3.63, 3.8) is 0 Å². The molecule has 5 nitrogen and oxygen atoms in total. The van der Waals surface area contributed by atoms with Crippen LogP contribution in [0.2, 0.25) is 0 Å². The summed E-state index contributed by atoms with van der Waals surface area (Å²) in [4.78, 5) is 18.9. The molecule has 0 N–H and O–H groups in total. The first-order valence-electron chi connectivity index (χ1n) is 7.59. The highest BCUT2D eigenvalue weighted by molar-refractivity contribution is 7.09. The van der Waals surface area contributed by atoms with Gasteiger partial charge in [-0.05, 0) is 12.0 Å². The third-order valence-corrected chi connectivity index (χ3v) is 4.88. The average molecular weight is 319 g/mol. The summed E-state index contributed by atoms with van der Waals surface area (Å²) in [6, 6.07) is 3.68. The summed E-state index contributed by atoms with van der Waals surface area (Å²) in [6.07, 6.45) is 3.74. The minimum atomic E-state index is 0.0733. The van der Waals surface area contributed by atoms with E-state index in [4.69, 9.17) is 4.74 Å². The van der Waals surface area contributed by atoms with E-state index in [2.05, 4.69) is 9.88 Å². The van der Waals surface area contributed by atoms with Crippen molar-refractivity contribution in [1.29, 1.82) is 0 Å². The van der Waals surface area contributed by atoms with Crippen LogP contribution in [0.25, 0.3) is 0 Å². The minimum Gasteiger partial charge on any atom is -0.383 e. The summed E-state index contributed by atoms with van der Waals surface area (Å²) in [5, 5.41) is 3.17. The first kappa shape index (κ1) is 15.4. The van der Waals surface area contributed by atoms with E-state index in [1.165, 1.54) is 11.3 Å². The summed E-state index contributed by atoms with van der Waals surface area (Å²) in [5.41, 5.74) is 2.53. The van der Waals surface area contributed by atoms with E-state index >= 15 is 0 Å². The lowest BCUT2D eigenvalue weighted by Gasteiger charge is -2.18. The molecule has 1 aliphatic rings. The van der Waals surface area contributed by atoms with Crippen LogP contribution in [0.3, 0.4) is 0 Å². The van der Waals surface area contributed by atoms with E-state index in [0.29, 0.717) is 13.2 Å². The number of hydrogen-bond donors (Lipinski definition) is 0. The van der Waals surface area contributed by atoms with Crippen LogP contribution in [0, 0.1) is 0 Å². The van der Waals surface area contributed by atoms with E-state index in [0.717, 1.165) is 37.5 Å². The van der Waals surface area contributed by atoms with Gasteiger partial charge in [-0.1, -0.05) is 6.07 Å². The molecule has 3 rings (SSSR count). The van der Waals surface area contributed by atoms with Crippen LogP contribution < -0.4 is 5.56 Å². The lowest BCUT2D eigenvalue weighted by molar-refractivity contribution is 0.185. The zero-order valence-electron chi connectivity index (χ0n) is 12.8. The molecule has 0 aliphatic carbocycles. The van der Waals surface area contributed by atoms with Crippen LogP contribution in [0.15, 0.2) is 28.5 Å². The van der Waals surface area contributed by atoms with E-state index in [9.17, 15) is 4.79 Å². The van der Waals surface area contributed by atoms with Crippen molar-refractivity contribution < 1.29 is 4.74 Å². The van der Waals surface area contributed by atoms with Crippen LogP contribution in [0.1, 0.15) is 16.3 Å². The predicted molar refractivity (Wildman–Crippen MR) is 87.4 cm³/mol. The van der Waals surface area contributed by atoms with Gasteiger partial charge in [-0.3, -0.25) is 9.69 Å². The highest BCUT2D eigenvalue weighted by Crippen LogP contribution is 2.17. The molecule has 6 heteroatoms. The van der Waals surface area contributed by atoms with Crippen molar-refractivity contribution in [2.24, 2.45) is 0 Å². The van der Waals surface area contributed by atoms with Crippen molar-refractivity contribution >= 4 is 11.3 Å². The summed E-state index contributed by atoms with van der Waals surface area (Å²) in [7, 11) is 1.67. The quantitative estimate of drug-likeness (QED) is 0.839. The molecular formula is C16H21N3O2S. The van der Waals surface area contributed by atoms with Crippen molar-refractivity contribution in [2.75, 3.05) is 26.8 Å². The Balaban J connectivity index is 1.77. The largest absolute Gasteiger partial charge is 0.383 e. The topological polar surface area (TPSA) is 47.4 Å². The van der Waals surface area contributed by atoms with Crippen LogP contribution in [0.5, 0.6) is 0 Å². The Morgan fingerprint density at radius 2 is 2.18 bits per heavy atom. The zero-order valence-corrected chi connectivity index (χ0v) is 13.6. The monoisotopic (exact) mass is 319 g/mol. The fraction of sp³-hybridized carbons (Fsp3) is 0.500. The molecule has 0 spiro atoms. The molecule has 0 bridgehead atoms. The molecular weight excluding hydrogens is 298 g/mol. The maximum Gasteiger partial charge on any atom is 0.250 e. The molecule has 0 unspecified atom stereocenters. The molecule has 0 radical (unpaired) electrons. The van der Waals surface area contributed by atoms with Crippen LogP contribution in [-0.4, -0.2) is 41.3 Å². The first-order valence-corrected chi connectivity index (χ1v) is 8.47. The smallest absolute Gasteiger partial charge is 0.250 e. The van der Waals surface area contributed by atoms with Gasteiger partial charge in [-0.25, -0.2) is 4.98 Å². The highest BCUT2D eigenvalue weighted by Gasteiger charge is 2.18. The Morgan fingerprint density at radius 1 is 1.32 bits per heavy atom. The number of thiazole rings is 1. The Morgan fingerprint density at radius 3 is 2.95 bits per heavy atom. The molecule has 0 aromatic carbocycles. The molecule has 0 fully saturated rings. The van der Waals surface area contributed by atoms with Gasteiger partial charge in [0.2, 0.25) is 0 Å². The third-order valence-electron chi connectivity index (χ3n) is 4.11. The molecule has 0 atom stereocenters. The van der Waals surface area contributed by atoms with Gasteiger partial charge in [-0.15, -0.1) is 11.3 Å². The van der Waals surface area contributed by atoms with Crippen molar-refractivity contribution in [2.45, 2.75) is 25.9 Å². The van der Waals surface area contributed by atoms with Gasteiger partial charge in [0.1, 0.15) is 5.01 Å². The Labute approximate surface area is 134 Å². The second-order valence-electron chi connectivity index (χ2n) is 5.49. The second kappa shape index (κ2) is 7.17. The molecule has 0 saturated heterocycles. The van der Waals surface area contributed by atoms with Gasteiger partial charge in [0.15, 0.2) is 0 Å². The molecule has 2 aromatic heterocycles. The van der Waals surface area contributed by atoms with Crippen molar-refractivity contribution in [3.05, 3.63) is 50.3 Å². The lowest BCUT2D eigenvalue weighted by Crippen LogP contribution is -2.27. The number of ether oxygens (including phenoxy) is 1. The van der Waals surface area contributed by atoms with E-state index in [1.807, 2.05) is 22.2 Å². The maximum absolute atomic E-state index is 12.1. The van der Waals surface area contributed by atoms with E-state index in [-0.39, 0.29) is 5.56 Å². The standard InChI is InChI=1S/C16H21N3O2S/c1-21-10-9-19-14-5-8-18(12-15-17-6-11-22-15)7-4-13(14)2-3-16(19)20/h2-3,6,11H,4-5,7-10,12H2,1H3. The average Bonchev–Trinajstić information content (AvgIpc) is 2.94. The fourth-order valence-corrected chi connectivity index (χ4v) is 3.61. The fourth-order valence-electron chi connectivity index (χ4n) is 2.95. The molecule has 22 heavy (non-hydrogen) atoms. The molecule has 3 heterocycles. The number of methoxy groups -OCH3 is 1. The van der Waals surface area contributed by atoms with Gasteiger partial charge < -0.3 is 9.30 Å². The number of aromatic nitrogens is 2. The van der Waals surface area contributed by atoms with Gasteiger partial charge in [-0.2, -0.15) is 0 Å². The summed E-state index contributed by atoms with van der Waals surface area (Å²) >= 11 is 1.70. The Kier molecular flexibility index (Phi) is 5.02. The Bertz CT molecular complexity index is 667. The molecule has 0 amide bonds. The number of fused-ring (bicyclic) bond motifs is 1. The van der Waals surface area contributed by atoms with E-state index in [1.54, 1.807) is 24.5 Å². The van der Waals surface area contributed by atoms with Crippen molar-refractivity contribution in [1.82, 2.24) is 14.5 Å². The van der Waals surface area contributed by atoms with Crippen LogP contribution in [0.4, 0.5) is 0 Å². The summed E-state index contributed by atoms with van der Waals surface area (Å²) in [5.74, 6) is 0. The normalized spacial score (nSPS) is 15.5. The van der Waals surface area contributed by atoms with Gasteiger partial charge in [0.05, 0.1) is 13.2 Å². The first-order chi connectivity index (χ1) is 10.8. The maximum atomic E-state index is 12.1. The third kappa shape index (κ3) is 3.45. The van der Waals surface area contributed by atoms with Crippen LogP contribution in [-0.2, 0) is 30.7 Å². The SMILES string of the molecule is COCCn1c2c(ccc1=O)CCN(Cc1nccs1)CC2. The predicted octanol–water partition coefficient (Wildman–Crippen LogP) is 1.55. The lowest BCUT2D eigenvalue weighted by atomic mass is 10.1. The van der Waals surface area contributed by atoms with Gasteiger partial charge in [0.25, 0.3) is 5.56 Å². The summed E-state index contributed by atoms with van der Waals surface area (Å²) in [6.45, 7) is 4.07. The van der Waals surface area contributed by atoms with Crippen LogP contribution >= 0.6 is 11.3 Å². The van der Waals surface area contributed by atoms with Gasteiger partial charge in [0, 0.05) is 56.5 Å². The minimum absolute atomic E-state index is 0.0733. The highest BCUT2D eigenvalue weighted by atomic mass is 32.1. The molecule has 118 valence electrons. The molecule has 1 aliphatic heterocycles. The number of hydrogen-bond acceptors (Lipinski definition) is 5. The van der Waals surface area contributed by atoms with E-state index < -0.39 is 0 Å². The zero-order chi connectivity index (χ0) is 15.4. The summed E-state index contributed by atoms with van der Waals surface area (Å²) < 4.78 is 7.02. The molecule has 0 saturated carbocycles. The number of pyridine rings is 1. The molecule has 2 aromatic rings. The van der Waals surface area contributed by atoms with Crippen molar-refractivity contribution in [3.8, 4) is 0 Å². The number of rotatable bonds is 5. The van der Waals surface area contributed by atoms with Gasteiger partial charge >= 0.3 is 0 Å².